The van der Waals surface area contributed by atoms with Gasteiger partial charge in [-0.05, 0) is 34.1 Å². The van der Waals surface area contributed by atoms with Gasteiger partial charge in [-0.25, -0.2) is 9.97 Å². The molecule has 2 saturated heterocycles. The molecule has 3 rings (SSSR count). The second-order valence-corrected chi connectivity index (χ2v) is 9.28. The molecule has 150 valence electrons. The monoisotopic (exact) mass is 373 g/mol. The lowest BCUT2D eigenvalue weighted by atomic mass is 9.95. The molecule has 1 aromatic heterocycles. The molecule has 0 bridgehead atoms. The summed E-state index contributed by atoms with van der Waals surface area (Å²) in [5, 5.41) is 0. The van der Waals surface area contributed by atoms with Gasteiger partial charge in [0.25, 0.3) is 0 Å². The fourth-order valence-corrected chi connectivity index (χ4v) is 4.04. The number of likely N-dealkylation sites (tertiary alicyclic amines) is 1. The SMILES string of the molecule is Cc1nc(C(C)(C)C)nc(N2CCN(C3CCN(C(C)C)C3=O)CC2)c1C. The van der Waals surface area contributed by atoms with E-state index in [9.17, 15) is 4.79 Å². The predicted octanol–water partition coefficient (Wildman–Crippen LogP) is 2.52. The summed E-state index contributed by atoms with van der Waals surface area (Å²) in [6.45, 7) is 19.4. The Labute approximate surface area is 164 Å². The Bertz CT molecular complexity index is 701. The maximum absolute atomic E-state index is 12.7. The fraction of sp³-hybridized carbons (Fsp3) is 0.762. The molecule has 2 aliphatic heterocycles. The summed E-state index contributed by atoms with van der Waals surface area (Å²) in [7, 11) is 0. The maximum Gasteiger partial charge on any atom is 0.240 e. The highest BCUT2D eigenvalue weighted by atomic mass is 16.2. The summed E-state index contributed by atoms with van der Waals surface area (Å²) >= 11 is 0. The quantitative estimate of drug-likeness (QED) is 0.815. The van der Waals surface area contributed by atoms with Crippen LogP contribution in [-0.4, -0.2) is 70.5 Å². The van der Waals surface area contributed by atoms with Gasteiger partial charge in [0, 0.05) is 55.4 Å². The molecule has 6 nitrogen and oxygen atoms in total. The second kappa shape index (κ2) is 7.38. The Hall–Kier alpha value is -1.69. The fourth-order valence-electron chi connectivity index (χ4n) is 4.04. The van der Waals surface area contributed by atoms with Crippen LogP contribution >= 0.6 is 0 Å². The molecule has 0 aromatic carbocycles. The molecule has 0 radical (unpaired) electrons. The zero-order chi connectivity index (χ0) is 19.9. The van der Waals surface area contributed by atoms with E-state index in [2.05, 4.69) is 58.3 Å². The Morgan fingerprint density at radius 3 is 2.15 bits per heavy atom. The van der Waals surface area contributed by atoms with Gasteiger partial charge in [0.2, 0.25) is 5.91 Å². The van der Waals surface area contributed by atoms with E-state index < -0.39 is 0 Å². The van der Waals surface area contributed by atoms with E-state index in [0.29, 0.717) is 11.9 Å². The first-order valence-corrected chi connectivity index (χ1v) is 10.2. The highest BCUT2D eigenvalue weighted by Gasteiger charge is 2.38. The van der Waals surface area contributed by atoms with Crippen LogP contribution in [0.3, 0.4) is 0 Å². The van der Waals surface area contributed by atoms with Crippen LogP contribution in [0, 0.1) is 13.8 Å². The molecule has 3 heterocycles. The van der Waals surface area contributed by atoms with Gasteiger partial charge in [-0.2, -0.15) is 0 Å². The molecule has 27 heavy (non-hydrogen) atoms. The van der Waals surface area contributed by atoms with E-state index in [1.54, 1.807) is 0 Å². The minimum absolute atomic E-state index is 0.0629. The van der Waals surface area contributed by atoms with Crippen molar-refractivity contribution in [3.05, 3.63) is 17.1 Å². The van der Waals surface area contributed by atoms with Crippen molar-refractivity contribution < 1.29 is 4.79 Å². The first kappa shape index (κ1) is 20.1. The summed E-state index contributed by atoms with van der Waals surface area (Å²) in [4.78, 5) is 29.1. The normalized spacial score (nSPS) is 22.2. The molecule has 0 saturated carbocycles. The molecule has 0 aliphatic carbocycles. The van der Waals surface area contributed by atoms with Crippen molar-refractivity contribution in [3.63, 3.8) is 0 Å². The molecule has 0 N–H and O–H groups in total. The number of piperazine rings is 1. The number of aromatic nitrogens is 2. The van der Waals surface area contributed by atoms with Crippen LogP contribution in [-0.2, 0) is 10.2 Å². The van der Waals surface area contributed by atoms with E-state index in [0.717, 1.165) is 56.5 Å². The van der Waals surface area contributed by atoms with Crippen LogP contribution in [0.2, 0.25) is 0 Å². The van der Waals surface area contributed by atoms with Crippen molar-refractivity contribution in [2.24, 2.45) is 0 Å². The topological polar surface area (TPSA) is 52.6 Å². The first-order valence-electron chi connectivity index (χ1n) is 10.2. The third kappa shape index (κ3) is 3.96. The minimum atomic E-state index is -0.0639. The molecule has 2 aliphatic rings. The van der Waals surface area contributed by atoms with Crippen molar-refractivity contribution in [2.45, 2.75) is 72.4 Å². The van der Waals surface area contributed by atoms with Crippen LogP contribution in [0.1, 0.15) is 58.1 Å². The minimum Gasteiger partial charge on any atom is -0.354 e. The standard InChI is InChI=1S/C21H35N5O/c1-14(2)26-9-8-17(19(26)27)24-10-12-25(13-11-24)18-15(3)16(4)22-20(23-18)21(5,6)7/h14,17H,8-13H2,1-7H3. The molecular formula is C21H35N5O. The number of aryl methyl sites for hydroxylation is 1. The van der Waals surface area contributed by atoms with Crippen molar-refractivity contribution in [2.75, 3.05) is 37.6 Å². The number of carbonyl (C=O) groups is 1. The predicted molar refractivity (Wildman–Crippen MR) is 109 cm³/mol. The molecule has 1 amide bonds. The highest BCUT2D eigenvalue weighted by Crippen LogP contribution is 2.27. The van der Waals surface area contributed by atoms with Crippen molar-refractivity contribution >= 4 is 11.7 Å². The number of hydrogen-bond acceptors (Lipinski definition) is 5. The molecular weight excluding hydrogens is 338 g/mol. The van der Waals surface area contributed by atoms with Gasteiger partial charge >= 0.3 is 0 Å². The molecule has 0 spiro atoms. The number of rotatable bonds is 3. The summed E-state index contributed by atoms with van der Waals surface area (Å²) in [6, 6.07) is 0.360. The van der Waals surface area contributed by atoms with Crippen LogP contribution in [0.5, 0.6) is 0 Å². The third-order valence-electron chi connectivity index (χ3n) is 5.92. The number of anilines is 1. The zero-order valence-electron chi connectivity index (χ0n) is 18.0. The maximum atomic E-state index is 12.7. The molecule has 2 fully saturated rings. The number of carbonyl (C=O) groups excluding carboxylic acids is 1. The average Bonchev–Trinajstić information content (AvgIpc) is 2.98. The van der Waals surface area contributed by atoms with E-state index in [-0.39, 0.29) is 11.5 Å². The van der Waals surface area contributed by atoms with E-state index in [1.165, 1.54) is 5.56 Å². The summed E-state index contributed by atoms with van der Waals surface area (Å²) < 4.78 is 0. The summed E-state index contributed by atoms with van der Waals surface area (Å²) in [5.74, 6) is 2.28. The lowest BCUT2D eigenvalue weighted by molar-refractivity contribution is -0.133. The number of hydrogen-bond donors (Lipinski definition) is 0. The molecule has 1 unspecified atom stereocenters. The van der Waals surface area contributed by atoms with Crippen molar-refractivity contribution in [1.82, 2.24) is 19.8 Å². The highest BCUT2D eigenvalue weighted by molar-refractivity contribution is 5.84. The van der Waals surface area contributed by atoms with Crippen molar-refractivity contribution in [3.8, 4) is 0 Å². The van der Waals surface area contributed by atoms with E-state index >= 15 is 0 Å². The second-order valence-electron chi connectivity index (χ2n) is 9.28. The van der Waals surface area contributed by atoms with E-state index in [1.807, 2.05) is 4.90 Å². The number of amides is 1. The Balaban J connectivity index is 1.71. The Morgan fingerprint density at radius 2 is 1.63 bits per heavy atom. The summed E-state index contributed by atoms with van der Waals surface area (Å²) in [5.41, 5.74) is 2.16. The van der Waals surface area contributed by atoms with E-state index in [4.69, 9.17) is 9.97 Å². The average molecular weight is 374 g/mol. The third-order valence-corrected chi connectivity index (χ3v) is 5.92. The van der Waals surface area contributed by atoms with Gasteiger partial charge in [0.1, 0.15) is 11.6 Å². The zero-order valence-corrected chi connectivity index (χ0v) is 18.0. The van der Waals surface area contributed by atoms with Crippen LogP contribution < -0.4 is 4.90 Å². The lowest BCUT2D eigenvalue weighted by Gasteiger charge is -2.39. The van der Waals surface area contributed by atoms with Gasteiger partial charge in [-0.15, -0.1) is 0 Å². The number of nitrogens with zero attached hydrogens (tertiary/aromatic N) is 5. The Kier molecular flexibility index (Phi) is 5.48. The first-order chi connectivity index (χ1) is 12.6. The van der Waals surface area contributed by atoms with Gasteiger partial charge < -0.3 is 9.80 Å². The van der Waals surface area contributed by atoms with Gasteiger partial charge in [0.15, 0.2) is 0 Å². The largest absolute Gasteiger partial charge is 0.354 e. The van der Waals surface area contributed by atoms with Gasteiger partial charge in [0.05, 0.1) is 6.04 Å². The van der Waals surface area contributed by atoms with Crippen LogP contribution in [0.4, 0.5) is 5.82 Å². The smallest absolute Gasteiger partial charge is 0.240 e. The van der Waals surface area contributed by atoms with Gasteiger partial charge in [-0.1, -0.05) is 20.8 Å². The summed E-state index contributed by atoms with van der Waals surface area (Å²) in [6.07, 6.45) is 0.955. The van der Waals surface area contributed by atoms with Crippen LogP contribution in [0.15, 0.2) is 0 Å². The van der Waals surface area contributed by atoms with Crippen LogP contribution in [0.25, 0.3) is 0 Å². The van der Waals surface area contributed by atoms with Crippen molar-refractivity contribution in [1.29, 1.82) is 0 Å². The molecule has 1 atom stereocenters. The molecule has 1 aromatic rings. The molecule has 6 heteroatoms. The Morgan fingerprint density at radius 1 is 1.00 bits per heavy atom. The lowest BCUT2D eigenvalue weighted by Crippen LogP contribution is -2.53. The van der Waals surface area contributed by atoms with Gasteiger partial charge in [-0.3, -0.25) is 9.69 Å².